The van der Waals surface area contributed by atoms with Crippen molar-refractivity contribution >= 4 is 23.9 Å². The highest BCUT2D eigenvalue weighted by molar-refractivity contribution is 5.93. The van der Waals surface area contributed by atoms with Crippen molar-refractivity contribution in [2.45, 2.75) is 102 Å². The molecule has 0 aromatic rings. The van der Waals surface area contributed by atoms with Crippen LogP contribution < -0.4 is 10.6 Å². The molecule has 3 rings (SSSR count). The van der Waals surface area contributed by atoms with Crippen molar-refractivity contribution in [2.24, 2.45) is 5.92 Å². The first-order valence-corrected chi connectivity index (χ1v) is 12.3. The molecule has 2 aliphatic heterocycles. The average Bonchev–Trinajstić information content (AvgIpc) is 3.46. The van der Waals surface area contributed by atoms with Crippen molar-refractivity contribution < 1.29 is 29.0 Å². The van der Waals surface area contributed by atoms with Crippen LogP contribution in [0.5, 0.6) is 0 Å². The van der Waals surface area contributed by atoms with Crippen LogP contribution in [0.15, 0.2) is 12.2 Å². The minimum Gasteiger partial charge on any atom is -0.480 e. The SMILES string of the molecule is CC1/C=C\CCCCC[C@H](NC(=O)OC2CCCC2)C(=O)N2CCCC2C(=O)NC1C(=O)O. The van der Waals surface area contributed by atoms with Crippen LogP contribution in [0, 0.1) is 5.92 Å². The normalized spacial score (nSPS) is 31.1. The van der Waals surface area contributed by atoms with Gasteiger partial charge in [-0.15, -0.1) is 0 Å². The molecule has 3 unspecified atom stereocenters. The zero-order chi connectivity index (χ0) is 23.8. The Labute approximate surface area is 195 Å². The van der Waals surface area contributed by atoms with Crippen molar-refractivity contribution in [3.8, 4) is 0 Å². The van der Waals surface area contributed by atoms with Gasteiger partial charge < -0.3 is 25.4 Å². The standard InChI is InChI=1S/C24H37N3O6/c1-16-10-5-3-2-4-6-13-18(25-24(32)33-17-11-7-8-12-17)22(29)27-15-9-14-19(27)21(28)26-20(16)23(30)31/h5,10,16-20H,2-4,6-9,11-15H2,1H3,(H,25,32)(H,26,28)(H,30,31)/b10-5-/t16?,18-,19?,20?/m0/s1. The minimum atomic E-state index is -1.10. The van der Waals surface area contributed by atoms with E-state index in [1.54, 1.807) is 6.92 Å². The molecule has 1 saturated heterocycles. The highest BCUT2D eigenvalue weighted by Crippen LogP contribution is 2.23. The van der Waals surface area contributed by atoms with Crippen LogP contribution in [0.3, 0.4) is 0 Å². The van der Waals surface area contributed by atoms with Gasteiger partial charge in [-0.2, -0.15) is 0 Å². The summed E-state index contributed by atoms with van der Waals surface area (Å²) in [5.74, 6) is -2.24. The topological polar surface area (TPSA) is 125 Å². The van der Waals surface area contributed by atoms with Gasteiger partial charge in [0.05, 0.1) is 0 Å². The first kappa shape index (κ1) is 25.1. The molecule has 9 heteroatoms. The van der Waals surface area contributed by atoms with E-state index in [0.29, 0.717) is 25.8 Å². The number of carboxylic acid groups (broad SMARTS) is 1. The summed E-state index contributed by atoms with van der Waals surface area (Å²) in [5.41, 5.74) is 0. The van der Waals surface area contributed by atoms with Gasteiger partial charge in [-0.1, -0.05) is 31.9 Å². The van der Waals surface area contributed by atoms with Gasteiger partial charge >= 0.3 is 12.1 Å². The van der Waals surface area contributed by atoms with Crippen molar-refractivity contribution in [1.29, 1.82) is 0 Å². The maximum atomic E-state index is 13.4. The molecule has 0 aromatic heterocycles. The summed E-state index contributed by atoms with van der Waals surface area (Å²) in [6.07, 6.45) is 11.8. The molecular formula is C24H37N3O6. The number of carbonyl (C=O) groups is 4. The molecule has 1 saturated carbocycles. The highest BCUT2D eigenvalue weighted by Gasteiger charge is 2.39. The van der Waals surface area contributed by atoms with Gasteiger partial charge in [0.2, 0.25) is 11.8 Å². The second-order valence-corrected chi connectivity index (χ2v) is 9.45. The highest BCUT2D eigenvalue weighted by atomic mass is 16.6. The Morgan fingerprint density at radius 3 is 2.52 bits per heavy atom. The Bertz CT molecular complexity index is 748. The fourth-order valence-corrected chi connectivity index (χ4v) is 4.97. The van der Waals surface area contributed by atoms with E-state index >= 15 is 0 Å². The van der Waals surface area contributed by atoms with E-state index in [0.717, 1.165) is 51.4 Å². The number of carbonyl (C=O) groups excluding carboxylic acids is 3. The summed E-state index contributed by atoms with van der Waals surface area (Å²) in [7, 11) is 0. The summed E-state index contributed by atoms with van der Waals surface area (Å²) in [5, 5.41) is 15.0. The summed E-state index contributed by atoms with van der Waals surface area (Å²) >= 11 is 0. The molecule has 3 amide bonds. The van der Waals surface area contributed by atoms with Crippen LogP contribution in [-0.2, 0) is 19.1 Å². The second-order valence-electron chi connectivity index (χ2n) is 9.45. The van der Waals surface area contributed by atoms with Gasteiger partial charge in [-0.3, -0.25) is 9.59 Å². The third-order valence-electron chi connectivity index (χ3n) is 6.90. The van der Waals surface area contributed by atoms with Gasteiger partial charge in [-0.25, -0.2) is 9.59 Å². The lowest BCUT2D eigenvalue weighted by Gasteiger charge is -2.30. The fourth-order valence-electron chi connectivity index (χ4n) is 4.97. The summed E-state index contributed by atoms with van der Waals surface area (Å²) in [6, 6.07) is -2.57. The molecule has 184 valence electrons. The number of hydrogen-bond acceptors (Lipinski definition) is 5. The van der Waals surface area contributed by atoms with E-state index in [2.05, 4.69) is 10.6 Å². The first-order chi connectivity index (χ1) is 15.9. The van der Waals surface area contributed by atoms with Crippen LogP contribution in [0.4, 0.5) is 4.79 Å². The van der Waals surface area contributed by atoms with Crippen LogP contribution in [-0.4, -0.2) is 64.7 Å². The van der Waals surface area contributed by atoms with E-state index in [4.69, 9.17) is 4.74 Å². The minimum absolute atomic E-state index is 0.102. The van der Waals surface area contributed by atoms with E-state index < -0.39 is 36.1 Å². The molecule has 4 atom stereocenters. The van der Waals surface area contributed by atoms with Crippen molar-refractivity contribution in [2.75, 3.05) is 6.54 Å². The van der Waals surface area contributed by atoms with E-state index in [-0.39, 0.29) is 17.9 Å². The number of fused-ring (bicyclic) bond motifs is 1. The molecule has 2 heterocycles. The number of carboxylic acids is 1. The summed E-state index contributed by atoms with van der Waals surface area (Å²) in [4.78, 5) is 52.2. The number of alkyl carbamates (subject to hydrolysis) is 1. The Kier molecular flexibility index (Phi) is 9.14. The lowest BCUT2D eigenvalue weighted by molar-refractivity contribution is -0.145. The van der Waals surface area contributed by atoms with Crippen LogP contribution in [0.25, 0.3) is 0 Å². The van der Waals surface area contributed by atoms with E-state index in [1.807, 2.05) is 12.2 Å². The average molecular weight is 464 g/mol. The molecule has 9 nitrogen and oxygen atoms in total. The van der Waals surface area contributed by atoms with Gasteiger partial charge in [0, 0.05) is 12.5 Å². The van der Waals surface area contributed by atoms with E-state index in [1.165, 1.54) is 4.90 Å². The number of amides is 3. The number of nitrogens with one attached hydrogen (secondary N) is 2. The number of hydrogen-bond donors (Lipinski definition) is 3. The Morgan fingerprint density at radius 2 is 1.79 bits per heavy atom. The second kappa shape index (κ2) is 12.0. The third kappa shape index (κ3) is 6.95. The zero-order valence-electron chi connectivity index (χ0n) is 19.5. The lowest BCUT2D eigenvalue weighted by Crippen LogP contribution is -2.56. The van der Waals surface area contributed by atoms with Crippen LogP contribution in [0.1, 0.15) is 77.6 Å². The predicted molar refractivity (Wildman–Crippen MR) is 121 cm³/mol. The van der Waals surface area contributed by atoms with Gasteiger partial charge in [0.25, 0.3) is 0 Å². The summed E-state index contributed by atoms with van der Waals surface area (Å²) in [6.45, 7) is 2.17. The fraction of sp³-hybridized carbons (Fsp3) is 0.750. The molecule has 33 heavy (non-hydrogen) atoms. The predicted octanol–water partition coefficient (Wildman–Crippen LogP) is 2.74. The number of allylic oxidation sites excluding steroid dienone is 1. The van der Waals surface area contributed by atoms with Gasteiger partial charge in [-0.05, 0) is 57.8 Å². The number of rotatable bonds is 3. The van der Waals surface area contributed by atoms with E-state index in [9.17, 15) is 24.3 Å². The molecule has 1 aliphatic carbocycles. The third-order valence-corrected chi connectivity index (χ3v) is 6.90. The Hall–Kier alpha value is -2.58. The van der Waals surface area contributed by atoms with Gasteiger partial charge in [0.15, 0.2) is 0 Å². The smallest absolute Gasteiger partial charge is 0.408 e. The molecule has 3 N–H and O–H groups in total. The monoisotopic (exact) mass is 463 g/mol. The number of nitrogens with zero attached hydrogens (tertiary/aromatic N) is 1. The molecule has 0 spiro atoms. The molecular weight excluding hydrogens is 426 g/mol. The zero-order valence-corrected chi connectivity index (χ0v) is 19.5. The van der Waals surface area contributed by atoms with Crippen molar-refractivity contribution in [3.05, 3.63) is 12.2 Å². The lowest BCUT2D eigenvalue weighted by atomic mass is 10.00. The molecule has 0 bridgehead atoms. The molecule has 2 fully saturated rings. The van der Waals surface area contributed by atoms with Crippen LogP contribution in [0.2, 0.25) is 0 Å². The number of aliphatic carboxylic acids is 1. The maximum Gasteiger partial charge on any atom is 0.408 e. The van der Waals surface area contributed by atoms with Crippen LogP contribution >= 0.6 is 0 Å². The Balaban J connectivity index is 1.74. The Morgan fingerprint density at radius 1 is 1.06 bits per heavy atom. The first-order valence-electron chi connectivity index (χ1n) is 12.3. The largest absolute Gasteiger partial charge is 0.480 e. The van der Waals surface area contributed by atoms with Crippen molar-refractivity contribution in [3.63, 3.8) is 0 Å². The quantitative estimate of drug-likeness (QED) is 0.553. The van der Waals surface area contributed by atoms with Gasteiger partial charge in [0.1, 0.15) is 24.2 Å². The van der Waals surface area contributed by atoms with Crippen molar-refractivity contribution in [1.82, 2.24) is 15.5 Å². The molecule has 0 radical (unpaired) electrons. The maximum absolute atomic E-state index is 13.4. The molecule has 3 aliphatic rings. The summed E-state index contributed by atoms with van der Waals surface area (Å²) < 4.78 is 5.50. The number of ether oxygens (including phenoxy) is 1. The molecule has 0 aromatic carbocycles.